The van der Waals surface area contributed by atoms with Crippen LogP contribution in [0.2, 0.25) is 0 Å². The van der Waals surface area contributed by atoms with Crippen LogP contribution in [0.15, 0.2) is 103 Å². The number of aliphatic hydroxyl groups excluding tert-OH is 1. The molecule has 0 spiro atoms. The van der Waals surface area contributed by atoms with E-state index in [0.29, 0.717) is 23.9 Å². The van der Waals surface area contributed by atoms with E-state index in [1.807, 2.05) is 97.1 Å². The average molecular weight is 503 g/mol. The normalized spacial score (nSPS) is 12.0. The third-order valence-corrected chi connectivity index (χ3v) is 6.22. The second kappa shape index (κ2) is 10.7. The molecule has 2 heterocycles. The van der Waals surface area contributed by atoms with E-state index in [1.54, 1.807) is 6.20 Å². The van der Waals surface area contributed by atoms with E-state index < -0.39 is 6.23 Å². The molecule has 0 amide bonds. The van der Waals surface area contributed by atoms with Gasteiger partial charge >= 0.3 is 0 Å². The van der Waals surface area contributed by atoms with Crippen molar-refractivity contribution >= 4 is 33.3 Å². The first-order chi connectivity index (χ1) is 18.7. The SMILES string of the molecule is OC(COc1ccccc1-c1nc(Nc2ccc3[nH]ncc3c2)c2ccccc2n1)NCc1ccccc1. The van der Waals surface area contributed by atoms with Gasteiger partial charge in [0.2, 0.25) is 0 Å². The molecule has 0 radical (unpaired) electrons. The van der Waals surface area contributed by atoms with Crippen molar-refractivity contribution < 1.29 is 9.84 Å². The molecule has 1 atom stereocenters. The fraction of sp³-hybridized carbons (Fsp3) is 0.100. The van der Waals surface area contributed by atoms with Gasteiger partial charge in [0.15, 0.2) is 5.82 Å². The molecule has 0 saturated heterocycles. The van der Waals surface area contributed by atoms with Gasteiger partial charge in [-0.25, -0.2) is 9.97 Å². The van der Waals surface area contributed by atoms with Crippen molar-refractivity contribution in [3.63, 3.8) is 0 Å². The van der Waals surface area contributed by atoms with Gasteiger partial charge in [-0.1, -0.05) is 54.6 Å². The number of aromatic nitrogens is 4. The van der Waals surface area contributed by atoms with Crippen LogP contribution < -0.4 is 15.4 Å². The number of aromatic amines is 1. The first kappa shape index (κ1) is 23.6. The number of H-pyrrole nitrogens is 1. The first-order valence-corrected chi connectivity index (χ1v) is 12.4. The number of fused-ring (bicyclic) bond motifs is 2. The summed E-state index contributed by atoms with van der Waals surface area (Å²) in [5.41, 5.74) is 4.50. The number of rotatable bonds is 9. The van der Waals surface area contributed by atoms with Crippen LogP contribution in [0.1, 0.15) is 5.56 Å². The minimum absolute atomic E-state index is 0.0766. The Morgan fingerprint density at radius 2 is 1.68 bits per heavy atom. The molecule has 4 N–H and O–H groups in total. The van der Waals surface area contributed by atoms with Gasteiger partial charge in [-0.05, 0) is 48.0 Å². The predicted molar refractivity (Wildman–Crippen MR) is 149 cm³/mol. The Balaban J connectivity index is 1.26. The Morgan fingerprint density at radius 1 is 0.868 bits per heavy atom. The van der Waals surface area contributed by atoms with Crippen molar-refractivity contribution in [3.05, 3.63) is 109 Å². The van der Waals surface area contributed by atoms with Gasteiger partial charge in [-0.15, -0.1) is 0 Å². The number of benzene rings is 4. The van der Waals surface area contributed by atoms with Crippen molar-refractivity contribution in [3.8, 4) is 17.1 Å². The second-order valence-corrected chi connectivity index (χ2v) is 8.90. The van der Waals surface area contributed by atoms with E-state index >= 15 is 0 Å². The Labute approximate surface area is 219 Å². The van der Waals surface area contributed by atoms with Crippen LogP contribution in [0, 0.1) is 0 Å². The summed E-state index contributed by atoms with van der Waals surface area (Å²) in [4.78, 5) is 9.72. The molecule has 4 aromatic carbocycles. The van der Waals surface area contributed by atoms with Crippen LogP contribution in [-0.4, -0.2) is 38.1 Å². The number of ether oxygens (including phenoxy) is 1. The molecular weight excluding hydrogens is 476 g/mol. The highest BCUT2D eigenvalue weighted by Crippen LogP contribution is 2.32. The Bertz CT molecular complexity index is 1690. The number of aliphatic hydroxyl groups is 1. The van der Waals surface area contributed by atoms with Crippen LogP contribution in [0.25, 0.3) is 33.2 Å². The van der Waals surface area contributed by atoms with Crippen molar-refractivity contribution in [1.82, 2.24) is 25.5 Å². The van der Waals surface area contributed by atoms with Gasteiger partial charge in [0.25, 0.3) is 0 Å². The zero-order valence-corrected chi connectivity index (χ0v) is 20.5. The highest BCUT2D eigenvalue weighted by Gasteiger charge is 2.15. The monoisotopic (exact) mass is 502 g/mol. The lowest BCUT2D eigenvalue weighted by Gasteiger charge is -2.17. The molecule has 0 saturated carbocycles. The molecule has 38 heavy (non-hydrogen) atoms. The van der Waals surface area contributed by atoms with E-state index in [2.05, 4.69) is 20.8 Å². The molecule has 0 bridgehead atoms. The summed E-state index contributed by atoms with van der Waals surface area (Å²) in [5, 5.41) is 26.0. The molecular formula is C30H26N6O2. The van der Waals surface area contributed by atoms with E-state index in [-0.39, 0.29) is 6.61 Å². The van der Waals surface area contributed by atoms with Gasteiger partial charge in [-0.3, -0.25) is 10.4 Å². The highest BCUT2D eigenvalue weighted by molar-refractivity contribution is 5.93. The van der Waals surface area contributed by atoms with Gasteiger partial charge in [0.05, 0.1) is 22.8 Å². The van der Waals surface area contributed by atoms with Crippen molar-refractivity contribution in [2.24, 2.45) is 0 Å². The molecule has 8 heteroatoms. The Kier molecular flexibility index (Phi) is 6.63. The summed E-state index contributed by atoms with van der Waals surface area (Å²) in [6.45, 7) is 0.619. The first-order valence-electron chi connectivity index (χ1n) is 12.4. The van der Waals surface area contributed by atoms with Gasteiger partial charge in [0.1, 0.15) is 24.4 Å². The van der Waals surface area contributed by atoms with E-state index in [1.165, 1.54) is 0 Å². The van der Waals surface area contributed by atoms with Crippen molar-refractivity contribution in [2.45, 2.75) is 12.8 Å². The number of para-hydroxylation sites is 2. The van der Waals surface area contributed by atoms with Gasteiger partial charge in [0, 0.05) is 23.0 Å². The van der Waals surface area contributed by atoms with Crippen LogP contribution in [0.5, 0.6) is 5.75 Å². The zero-order valence-electron chi connectivity index (χ0n) is 20.5. The van der Waals surface area contributed by atoms with Crippen LogP contribution in [0.4, 0.5) is 11.5 Å². The summed E-state index contributed by atoms with van der Waals surface area (Å²) in [6.07, 6.45) is 0.955. The maximum absolute atomic E-state index is 10.5. The van der Waals surface area contributed by atoms with Crippen LogP contribution >= 0.6 is 0 Å². The average Bonchev–Trinajstić information content (AvgIpc) is 3.44. The molecule has 6 rings (SSSR count). The molecule has 0 fully saturated rings. The topological polar surface area (TPSA) is 108 Å². The molecule has 2 aromatic heterocycles. The van der Waals surface area contributed by atoms with Crippen LogP contribution in [-0.2, 0) is 6.54 Å². The van der Waals surface area contributed by atoms with Gasteiger partial charge < -0.3 is 15.2 Å². The Morgan fingerprint density at radius 3 is 2.61 bits per heavy atom. The summed E-state index contributed by atoms with van der Waals surface area (Å²) in [7, 11) is 0. The number of hydrogen-bond donors (Lipinski definition) is 4. The fourth-order valence-corrected chi connectivity index (χ4v) is 4.29. The Hall–Kier alpha value is -4.79. The minimum Gasteiger partial charge on any atom is -0.489 e. The summed E-state index contributed by atoms with van der Waals surface area (Å²) in [6, 6.07) is 31.4. The standard InChI is InChI=1S/C30H26N6O2/c37-28(31-17-20-8-2-1-3-9-20)19-38-27-13-7-5-11-24(27)30-34-26-12-6-4-10-23(26)29(35-30)33-22-14-15-25-21(16-22)18-32-36-25/h1-16,18,28,31,37H,17,19H2,(H,32,36)(H,33,34,35). The van der Waals surface area contributed by atoms with Crippen molar-refractivity contribution in [2.75, 3.05) is 11.9 Å². The summed E-state index contributed by atoms with van der Waals surface area (Å²) in [5.74, 6) is 1.81. The molecule has 188 valence electrons. The number of nitrogens with zero attached hydrogens (tertiary/aromatic N) is 3. The second-order valence-electron chi connectivity index (χ2n) is 8.90. The summed E-state index contributed by atoms with van der Waals surface area (Å²) >= 11 is 0. The molecule has 8 nitrogen and oxygen atoms in total. The lowest BCUT2D eigenvalue weighted by atomic mass is 10.1. The molecule has 0 aliphatic heterocycles. The molecule has 1 unspecified atom stereocenters. The highest BCUT2D eigenvalue weighted by atomic mass is 16.5. The molecule has 0 aliphatic carbocycles. The van der Waals surface area contributed by atoms with E-state index in [4.69, 9.17) is 14.7 Å². The fourth-order valence-electron chi connectivity index (χ4n) is 4.29. The smallest absolute Gasteiger partial charge is 0.165 e. The largest absolute Gasteiger partial charge is 0.489 e. The van der Waals surface area contributed by atoms with Gasteiger partial charge in [-0.2, -0.15) is 5.10 Å². The predicted octanol–water partition coefficient (Wildman–Crippen LogP) is 5.40. The molecule has 6 aromatic rings. The molecule has 0 aliphatic rings. The summed E-state index contributed by atoms with van der Waals surface area (Å²) < 4.78 is 6.03. The minimum atomic E-state index is -0.837. The van der Waals surface area contributed by atoms with Crippen LogP contribution in [0.3, 0.4) is 0 Å². The zero-order chi connectivity index (χ0) is 25.7. The van der Waals surface area contributed by atoms with E-state index in [0.717, 1.165) is 38.6 Å². The maximum Gasteiger partial charge on any atom is 0.165 e. The quantitative estimate of drug-likeness (QED) is 0.196. The third kappa shape index (κ3) is 5.17. The van der Waals surface area contributed by atoms with Crippen molar-refractivity contribution in [1.29, 1.82) is 0 Å². The maximum atomic E-state index is 10.5. The number of nitrogens with one attached hydrogen (secondary N) is 3. The number of anilines is 2. The lowest BCUT2D eigenvalue weighted by Crippen LogP contribution is -2.33. The third-order valence-electron chi connectivity index (χ3n) is 6.22. The lowest BCUT2D eigenvalue weighted by molar-refractivity contribution is 0.0776. The number of hydrogen-bond acceptors (Lipinski definition) is 7. The van der Waals surface area contributed by atoms with E-state index in [9.17, 15) is 5.11 Å².